The summed E-state index contributed by atoms with van der Waals surface area (Å²) in [6, 6.07) is 8.24. The molecule has 1 rings (SSSR count). The van der Waals surface area contributed by atoms with Crippen molar-refractivity contribution in [1.82, 2.24) is 4.90 Å². The number of rotatable bonds is 4. The van der Waals surface area contributed by atoms with E-state index in [2.05, 4.69) is 50.0 Å². The van der Waals surface area contributed by atoms with Gasteiger partial charge in [-0.25, -0.2) is 0 Å². The summed E-state index contributed by atoms with van der Waals surface area (Å²) >= 11 is 0. The Hall–Kier alpha value is -1.15. The standard InChI is InChI=1S/C13H20N2/c1-11-7-5-6-8-13(11)14-12(2)9-10-15(3)4/h5-8H,9-10H2,1-4H3/b14-12+. The predicted octanol–water partition coefficient (Wildman–Crippen LogP) is 3.04. The zero-order valence-corrected chi connectivity index (χ0v) is 10.1. The fraction of sp³-hybridized carbons (Fsp3) is 0.462. The molecule has 0 atom stereocenters. The lowest BCUT2D eigenvalue weighted by molar-refractivity contribution is 0.421. The normalized spacial score (nSPS) is 12.2. The van der Waals surface area contributed by atoms with E-state index in [0.717, 1.165) is 18.7 Å². The van der Waals surface area contributed by atoms with Gasteiger partial charge in [-0.05, 0) is 46.0 Å². The molecule has 2 nitrogen and oxygen atoms in total. The Morgan fingerprint density at radius 3 is 2.53 bits per heavy atom. The number of hydrogen-bond acceptors (Lipinski definition) is 2. The summed E-state index contributed by atoms with van der Waals surface area (Å²) in [6.07, 6.45) is 1.03. The summed E-state index contributed by atoms with van der Waals surface area (Å²) < 4.78 is 0. The van der Waals surface area contributed by atoms with Crippen molar-refractivity contribution >= 4 is 11.4 Å². The number of benzene rings is 1. The van der Waals surface area contributed by atoms with Crippen LogP contribution in [0.25, 0.3) is 0 Å². The van der Waals surface area contributed by atoms with Crippen molar-refractivity contribution in [3.05, 3.63) is 29.8 Å². The molecule has 0 saturated heterocycles. The van der Waals surface area contributed by atoms with Gasteiger partial charge in [-0.1, -0.05) is 18.2 Å². The van der Waals surface area contributed by atoms with Crippen LogP contribution in [-0.4, -0.2) is 31.3 Å². The second-order valence-corrected chi connectivity index (χ2v) is 4.19. The van der Waals surface area contributed by atoms with Gasteiger partial charge in [0.2, 0.25) is 0 Å². The summed E-state index contributed by atoms with van der Waals surface area (Å²) in [4.78, 5) is 6.80. The fourth-order valence-electron chi connectivity index (χ4n) is 1.34. The molecule has 0 aliphatic carbocycles. The van der Waals surface area contributed by atoms with Crippen LogP contribution in [0.4, 0.5) is 5.69 Å². The number of para-hydroxylation sites is 1. The molecule has 2 heteroatoms. The quantitative estimate of drug-likeness (QED) is 0.688. The molecule has 0 spiro atoms. The maximum absolute atomic E-state index is 4.62. The monoisotopic (exact) mass is 204 g/mol. The Bertz CT molecular complexity index is 340. The van der Waals surface area contributed by atoms with Crippen LogP contribution in [-0.2, 0) is 0 Å². The minimum absolute atomic E-state index is 1.03. The lowest BCUT2D eigenvalue weighted by Gasteiger charge is -2.09. The van der Waals surface area contributed by atoms with Crippen molar-refractivity contribution in [3.8, 4) is 0 Å². The summed E-state index contributed by atoms with van der Waals surface area (Å²) in [6.45, 7) is 5.25. The Balaban J connectivity index is 2.66. The molecule has 0 saturated carbocycles. The zero-order chi connectivity index (χ0) is 11.3. The highest BCUT2D eigenvalue weighted by Crippen LogP contribution is 2.17. The van der Waals surface area contributed by atoms with Crippen LogP contribution >= 0.6 is 0 Å². The summed E-state index contributed by atoms with van der Waals surface area (Å²) in [5.41, 5.74) is 3.52. The van der Waals surface area contributed by atoms with Gasteiger partial charge in [0.25, 0.3) is 0 Å². The first-order valence-electron chi connectivity index (χ1n) is 5.34. The van der Waals surface area contributed by atoms with Gasteiger partial charge in [0.05, 0.1) is 5.69 Å². The second kappa shape index (κ2) is 5.66. The van der Waals surface area contributed by atoms with E-state index in [4.69, 9.17) is 0 Å². The average molecular weight is 204 g/mol. The Morgan fingerprint density at radius 1 is 1.27 bits per heavy atom. The minimum atomic E-state index is 1.03. The molecule has 0 heterocycles. The van der Waals surface area contributed by atoms with Crippen LogP contribution in [0.2, 0.25) is 0 Å². The van der Waals surface area contributed by atoms with Crippen molar-refractivity contribution in [2.45, 2.75) is 20.3 Å². The van der Waals surface area contributed by atoms with Crippen LogP contribution in [0.3, 0.4) is 0 Å². The first kappa shape index (κ1) is 11.9. The van der Waals surface area contributed by atoms with Crippen LogP contribution in [0.15, 0.2) is 29.3 Å². The molecule has 15 heavy (non-hydrogen) atoms. The third kappa shape index (κ3) is 4.26. The van der Waals surface area contributed by atoms with Gasteiger partial charge in [0.15, 0.2) is 0 Å². The summed E-state index contributed by atoms with van der Waals surface area (Å²) in [5.74, 6) is 0. The van der Waals surface area contributed by atoms with Crippen molar-refractivity contribution in [1.29, 1.82) is 0 Å². The lowest BCUT2D eigenvalue weighted by atomic mass is 10.2. The molecule has 0 aromatic heterocycles. The average Bonchev–Trinajstić information content (AvgIpc) is 2.18. The highest BCUT2D eigenvalue weighted by molar-refractivity contribution is 5.85. The van der Waals surface area contributed by atoms with Gasteiger partial charge in [0.1, 0.15) is 0 Å². The molecule has 1 aromatic carbocycles. The molecule has 0 aliphatic rings. The van der Waals surface area contributed by atoms with E-state index in [1.165, 1.54) is 11.3 Å². The molecule has 0 fully saturated rings. The molecule has 0 unspecified atom stereocenters. The highest BCUT2D eigenvalue weighted by atomic mass is 15.0. The van der Waals surface area contributed by atoms with Crippen molar-refractivity contribution in [2.24, 2.45) is 4.99 Å². The SMILES string of the molecule is C/C(CCN(C)C)=N\c1ccccc1C. The van der Waals surface area contributed by atoms with E-state index >= 15 is 0 Å². The van der Waals surface area contributed by atoms with Gasteiger partial charge >= 0.3 is 0 Å². The van der Waals surface area contributed by atoms with Crippen LogP contribution in [0, 0.1) is 6.92 Å². The van der Waals surface area contributed by atoms with Gasteiger partial charge in [0, 0.05) is 12.3 Å². The molecule has 82 valence electrons. The van der Waals surface area contributed by atoms with E-state index in [-0.39, 0.29) is 0 Å². The predicted molar refractivity (Wildman–Crippen MR) is 67.1 cm³/mol. The van der Waals surface area contributed by atoms with Gasteiger partial charge in [-0.2, -0.15) is 0 Å². The van der Waals surface area contributed by atoms with E-state index in [9.17, 15) is 0 Å². The summed E-state index contributed by atoms with van der Waals surface area (Å²) in [7, 11) is 4.17. The molecule has 0 bridgehead atoms. The maximum atomic E-state index is 4.62. The van der Waals surface area contributed by atoms with Crippen molar-refractivity contribution in [3.63, 3.8) is 0 Å². The van der Waals surface area contributed by atoms with Crippen LogP contribution in [0.5, 0.6) is 0 Å². The first-order valence-corrected chi connectivity index (χ1v) is 5.34. The molecule has 0 N–H and O–H groups in total. The number of hydrogen-bond donors (Lipinski definition) is 0. The van der Waals surface area contributed by atoms with Crippen molar-refractivity contribution < 1.29 is 0 Å². The van der Waals surface area contributed by atoms with Gasteiger partial charge < -0.3 is 4.90 Å². The third-order valence-corrected chi connectivity index (χ3v) is 2.35. The van der Waals surface area contributed by atoms with Crippen LogP contribution in [0.1, 0.15) is 18.9 Å². The largest absolute Gasteiger partial charge is 0.309 e. The first-order chi connectivity index (χ1) is 7.09. The van der Waals surface area contributed by atoms with Crippen molar-refractivity contribution in [2.75, 3.05) is 20.6 Å². The zero-order valence-electron chi connectivity index (χ0n) is 10.1. The summed E-state index contributed by atoms with van der Waals surface area (Å²) in [5, 5.41) is 0. The molecule has 0 amide bonds. The smallest absolute Gasteiger partial charge is 0.0658 e. The Morgan fingerprint density at radius 2 is 1.93 bits per heavy atom. The second-order valence-electron chi connectivity index (χ2n) is 4.19. The lowest BCUT2D eigenvalue weighted by Crippen LogP contribution is -2.15. The number of nitrogens with zero attached hydrogens (tertiary/aromatic N) is 2. The van der Waals surface area contributed by atoms with E-state index in [1.807, 2.05) is 12.1 Å². The van der Waals surface area contributed by atoms with Gasteiger partial charge in [-0.3, -0.25) is 4.99 Å². The molecule has 0 radical (unpaired) electrons. The molecule has 1 aromatic rings. The molecular weight excluding hydrogens is 184 g/mol. The molecule has 0 aliphatic heterocycles. The number of aliphatic imine (C=N–C) groups is 1. The minimum Gasteiger partial charge on any atom is -0.309 e. The Kier molecular flexibility index (Phi) is 4.50. The van der Waals surface area contributed by atoms with Crippen LogP contribution < -0.4 is 0 Å². The van der Waals surface area contributed by atoms with E-state index in [1.54, 1.807) is 0 Å². The third-order valence-electron chi connectivity index (χ3n) is 2.35. The molecular formula is C13H20N2. The fourth-order valence-corrected chi connectivity index (χ4v) is 1.34. The number of aryl methyl sites for hydroxylation is 1. The van der Waals surface area contributed by atoms with Gasteiger partial charge in [-0.15, -0.1) is 0 Å². The van der Waals surface area contributed by atoms with E-state index in [0.29, 0.717) is 0 Å². The van der Waals surface area contributed by atoms with E-state index < -0.39 is 0 Å². The topological polar surface area (TPSA) is 15.6 Å². The Labute approximate surface area is 92.6 Å². The highest BCUT2D eigenvalue weighted by Gasteiger charge is 1.97. The maximum Gasteiger partial charge on any atom is 0.0658 e.